The molecule has 2 aliphatic rings. The molecule has 0 aromatic carbocycles. The predicted octanol–water partition coefficient (Wildman–Crippen LogP) is 4.81. The zero-order chi connectivity index (χ0) is 26.6. The molecule has 3 rings (SSSR count). The molecular formula is C28H38N2O5S. The van der Waals surface area contributed by atoms with Gasteiger partial charge in [-0.3, -0.25) is 14.5 Å². The Morgan fingerprint density at radius 2 is 1.94 bits per heavy atom. The van der Waals surface area contributed by atoms with E-state index in [1.165, 1.54) is 10.5 Å². The first-order valence-electron chi connectivity index (χ1n) is 12.7. The molecule has 1 aliphatic heterocycles. The number of carboxylic acid groups (broad SMARTS) is 1. The molecule has 1 saturated heterocycles. The van der Waals surface area contributed by atoms with E-state index in [1.807, 2.05) is 34.6 Å². The quantitative estimate of drug-likeness (QED) is 0.435. The van der Waals surface area contributed by atoms with Crippen molar-refractivity contribution < 1.29 is 24.2 Å². The van der Waals surface area contributed by atoms with Crippen LogP contribution in [0.2, 0.25) is 0 Å². The second-order valence-electron chi connectivity index (χ2n) is 10.8. The SMILES string of the molecule is CC[C@@H](C(=O)N1CCOCC1)N(C(=O)C1CC=C(C)C[C@@H]1C)c1cc(C#CC(C)(C)C)sc1C(=O)O. The lowest BCUT2D eigenvalue weighted by molar-refractivity contribution is -0.139. The molecule has 0 spiro atoms. The van der Waals surface area contributed by atoms with Gasteiger partial charge in [0.25, 0.3) is 0 Å². The van der Waals surface area contributed by atoms with Crippen LogP contribution in [-0.2, 0) is 14.3 Å². The monoisotopic (exact) mass is 514 g/mol. The molecule has 0 bridgehead atoms. The number of carboxylic acids is 1. The van der Waals surface area contributed by atoms with Crippen molar-refractivity contribution in [1.29, 1.82) is 0 Å². The van der Waals surface area contributed by atoms with E-state index in [0.717, 1.165) is 17.8 Å². The van der Waals surface area contributed by atoms with Gasteiger partial charge in [-0.05, 0) is 58.9 Å². The van der Waals surface area contributed by atoms with Crippen molar-refractivity contribution in [1.82, 2.24) is 4.90 Å². The Labute approximate surface area is 218 Å². The van der Waals surface area contributed by atoms with Gasteiger partial charge in [0.1, 0.15) is 10.9 Å². The Morgan fingerprint density at radius 3 is 2.50 bits per heavy atom. The van der Waals surface area contributed by atoms with E-state index in [9.17, 15) is 19.5 Å². The number of amides is 2. The van der Waals surface area contributed by atoms with E-state index in [2.05, 4.69) is 24.8 Å². The van der Waals surface area contributed by atoms with Crippen LogP contribution >= 0.6 is 11.3 Å². The van der Waals surface area contributed by atoms with Gasteiger partial charge in [0.2, 0.25) is 11.8 Å². The summed E-state index contributed by atoms with van der Waals surface area (Å²) in [6.07, 6.45) is 3.83. The van der Waals surface area contributed by atoms with Crippen LogP contribution in [0.5, 0.6) is 0 Å². The van der Waals surface area contributed by atoms with Crippen LogP contribution in [0.1, 0.15) is 75.4 Å². The van der Waals surface area contributed by atoms with Crippen molar-refractivity contribution in [2.45, 2.75) is 66.8 Å². The molecule has 1 fully saturated rings. The molecule has 196 valence electrons. The average Bonchev–Trinajstić information content (AvgIpc) is 3.24. The first kappa shape index (κ1) is 27.9. The standard InChI is InChI=1S/C28H38N2O5S/c1-7-22(26(32)29-12-14-35-15-13-29)30(25(31)21-9-8-18(2)16-19(21)3)23-17-20(10-11-28(4,5)6)36-24(23)27(33)34/h8,17,19,21-22H,7,9,12-16H2,1-6H3,(H,33,34)/t19-,21?,22-/m0/s1. The van der Waals surface area contributed by atoms with E-state index in [-0.39, 0.29) is 39.6 Å². The fourth-order valence-electron chi connectivity index (χ4n) is 4.74. The highest BCUT2D eigenvalue weighted by Gasteiger charge is 2.40. The summed E-state index contributed by atoms with van der Waals surface area (Å²) in [7, 11) is 0. The lowest BCUT2D eigenvalue weighted by Gasteiger charge is -2.38. The third-order valence-electron chi connectivity index (χ3n) is 6.64. The number of aromatic carboxylic acids is 1. The molecule has 36 heavy (non-hydrogen) atoms. The highest BCUT2D eigenvalue weighted by atomic mass is 32.1. The van der Waals surface area contributed by atoms with Crippen molar-refractivity contribution in [3.05, 3.63) is 27.5 Å². The van der Waals surface area contributed by atoms with E-state index < -0.39 is 12.0 Å². The number of anilines is 1. The largest absolute Gasteiger partial charge is 0.477 e. The van der Waals surface area contributed by atoms with E-state index in [1.54, 1.807) is 11.0 Å². The van der Waals surface area contributed by atoms with E-state index in [4.69, 9.17) is 4.74 Å². The molecule has 1 aromatic rings. The Balaban J connectivity index is 2.12. The average molecular weight is 515 g/mol. The highest BCUT2D eigenvalue weighted by molar-refractivity contribution is 7.15. The zero-order valence-electron chi connectivity index (χ0n) is 22.2. The minimum Gasteiger partial charge on any atom is -0.477 e. The Morgan fingerprint density at radius 1 is 1.28 bits per heavy atom. The molecule has 8 heteroatoms. The minimum atomic E-state index is -1.13. The molecular weight excluding hydrogens is 476 g/mol. The van der Waals surface area contributed by atoms with Gasteiger partial charge in [-0.25, -0.2) is 4.79 Å². The Hall–Kier alpha value is -2.63. The van der Waals surface area contributed by atoms with Gasteiger partial charge >= 0.3 is 5.97 Å². The first-order valence-corrected chi connectivity index (χ1v) is 13.5. The number of hydrogen-bond donors (Lipinski definition) is 1. The number of rotatable bonds is 6. The maximum absolute atomic E-state index is 14.2. The molecule has 1 aromatic heterocycles. The summed E-state index contributed by atoms with van der Waals surface area (Å²) in [6.45, 7) is 13.7. The van der Waals surface area contributed by atoms with Gasteiger partial charge in [0, 0.05) is 24.4 Å². The summed E-state index contributed by atoms with van der Waals surface area (Å²) >= 11 is 1.05. The third kappa shape index (κ3) is 6.57. The second kappa shape index (κ2) is 11.6. The molecule has 0 saturated carbocycles. The lowest BCUT2D eigenvalue weighted by Crippen LogP contribution is -2.55. The summed E-state index contributed by atoms with van der Waals surface area (Å²) in [6, 6.07) is 0.875. The maximum atomic E-state index is 14.2. The van der Waals surface area contributed by atoms with Crippen LogP contribution in [0.25, 0.3) is 0 Å². The smallest absolute Gasteiger partial charge is 0.348 e. The molecule has 0 radical (unpaired) electrons. The fourth-order valence-corrected chi connectivity index (χ4v) is 5.59. The van der Waals surface area contributed by atoms with Gasteiger partial charge in [-0.1, -0.05) is 37.3 Å². The topological polar surface area (TPSA) is 87.2 Å². The summed E-state index contributed by atoms with van der Waals surface area (Å²) in [4.78, 5) is 44.0. The maximum Gasteiger partial charge on any atom is 0.348 e. The number of thiophene rings is 1. The number of nitrogens with zero attached hydrogens (tertiary/aromatic N) is 2. The van der Waals surface area contributed by atoms with Crippen molar-refractivity contribution in [2.24, 2.45) is 17.3 Å². The number of ether oxygens (including phenoxy) is 1. The van der Waals surface area contributed by atoms with E-state index >= 15 is 0 Å². The molecule has 1 aliphatic carbocycles. The van der Waals surface area contributed by atoms with Crippen LogP contribution < -0.4 is 4.90 Å². The van der Waals surface area contributed by atoms with Gasteiger partial charge in [0.15, 0.2) is 0 Å². The fraction of sp³-hybridized carbons (Fsp3) is 0.607. The summed E-state index contributed by atoms with van der Waals surface area (Å²) in [5, 5.41) is 10.1. The van der Waals surface area contributed by atoms with Crippen LogP contribution in [0.15, 0.2) is 17.7 Å². The molecule has 2 amide bonds. The van der Waals surface area contributed by atoms with E-state index in [0.29, 0.717) is 44.0 Å². The van der Waals surface area contributed by atoms with Crippen LogP contribution in [0, 0.1) is 29.1 Å². The van der Waals surface area contributed by atoms with Crippen molar-refractivity contribution in [3.8, 4) is 11.8 Å². The molecule has 1 N–H and O–H groups in total. The first-order chi connectivity index (χ1) is 16.9. The number of hydrogen-bond acceptors (Lipinski definition) is 5. The second-order valence-corrected chi connectivity index (χ2v) is 11.8. The summed E-state index contributed by atoms with van der Waals surface area (Å²) in [5.74, 6) is 4.49. The van der Waals surface area contributed by atoms with Gasteiger partial charge in [0.05, 0.1) is 23.8 Å². The Kier molecular flexibility index (Phi) is 9.02. The highest BCUT2D eigenvalue weighted by Crippen LogP contribution is 2.37. The van der Waals surface area contributed by atoms with Crippen molar-refractivity contribution >= 4 is 34.8 Å². The minimum absolute atomic E-state index is 0.0324. The van der Waals surface area contributed by atoms with Crippen LogP contribution in [-0.4, -0.2) is 60.1 Å². The predicted molar refractivity (Wildman–Crippen MR) is 142 cm³/mol. The number of carbonyl (C=O) groups is 3. The number of morpholine rings is 1. The summed E-state index contributed by atoms with van der Waals surface area (Å²) < 4.78 is 5.41. The van der Waals surface area contributed by atoms with Gasteiger partial charge in [-0.2, -0.15) is 0 Å². The lowest BCUT2D eigenvalue weighted by atomic mass is 9.80. The van der Waals surface area contributed by atoms with Crippen molar-refractivity contribution in [2.75, 3.05) is 31.2 Å². The van der Waals surface area contributed by atoms with Crippen LogP contribution in [0.4, 0.5) is 5.69 Å². The molecule has 1 unspecified atom stereocenters. The third-order valence-corrected chi connectivity index (χ3v) is 7.67. The number of allylic oxidation sites excluding steroid dienone is 2. The van der Waals surface area contributed by atoms with Gasteiger partial charge in [-0.15, -0.1) is 11.3 Å². The number of carbonyl (C=O) groups excluding carboxylic acids is 2. The molecule has 7 nitrogen and oxygen atoms in total. The Bertz CT molecular complexity index is 1080. The molecule has 3 atom stereocenters. The van der Waals surface area contributed by atoms with Crippen LogP contribution in [0.3, 0.4) is 0 Å². The zero-order valence-corrected chi connectivity index (χ0v) is 23.0. The normalized spacial score (nSPS) is 21.2. The summed E-state index contributed by atoms with van der Waals surface area (Å²) in [5.41, 5.74) is 1.25. The van der Waals surface area contributed by atoms with Gasteiger partial charge < -0.3 is 14.7 Å². The van der Waals surface area contributed by atoms with Crippen molar-refractivity contribution in [3.63, 3.8) is 0 Å². The molecule has 2 heterocycles.